The zero-order valence-corrected chi connectivity index (χ0v) is 13.2. The smallest absolute Gasteiger partial charge is 0.231 e. The zero-order valence-electron chi connectivity index (χ0n) is 13.2. The minimum absolute atomic E-state index is 0.0696. The van der Waals surface area contributed by atoms with E-state index in [0.717, 1.165) is 36.6 Å². The summed E-state index contributed by atoms with van der Waals surface area (Å²) in [5.41, 5.74) is 1.34. The number of aromatic nitrogens is 3. The first-order valence-corrected chi connectivity index (χ1v) is 7.46. The molecule has 1 aromatic carbocycles. The number of carbonyl (C=O) groups excluding carboxylic acids is 1. The van der Waals surface area contributed by atoms with Gasteiger partial charge in [0.1, 0.15) is 5.82 Å². The molecule has 1 fully saturated rings. The van der Waals surface area contributed by atoms with Gasteiger partial charge in [-0.15, -0.1) is 0 Å². The van der Waals surface area contributed by atoms with Gasteiger partial charge in [-0.05, 0) is 46.0 Å². The minimum Gasteiger partial charge on any atom is -0.326 e. The van der Waals surface area contributed by atoms with Crippen molar-refractivity contribution in [2.24, 2.45) is 5.41 Å². The lowest BCUT2D eigenvalue weighted by Gasteiger charge is -2.22. The largest absolute Gasteiger partial charge is 0.326 e. The summed E-state index contributed by atoms with van der Waals surface area (Å²) in [5, 5.41) is 10.0. The highest BCUT2D eigenvalue weighted by atomic mass is 16.2. The van der Waals surface area contributed by atoms with Gasteiger partial charge in [-0.25, -0.2) is 4.98 Å². The highest BCUT2D eigenvalue weighted by Gasteiger charge is 2.38. The van der Waals surface area contributed by atoms with Gasteiger partial charge in [0.05, 0.1) is 5.41 Å². The van der Waals surface area contributed by atoms with Crippen molar-refractivity contribution in [3.63, 3.8) is 0 Å². The van der Waals surface area contributed by atoms with Crippen LogP contribution in [-0.2, 0) is 4.79 Å². The van der Waals surface area contributed by atoms with Crippen LogP contribution in [0.4, 0.5) is 5.69 Å². The predicted molar refractivity (Wildman–Crippen MR) is 85.4 cm³/mol. The summed E-state index contributed by atoms with van der Waals surface area (Å²) in [4.78, 5) is 19.1. The van der Waals surface area contributed by atoms with Crippen LogP contribution in [0.2, 0.25) is 0 Å². The van der Waals surface area contributed by atoms with Gasteiger partial charge in [0.25, 0.3) is 0 Å². The van der Waals surface area contributed by atoms with Crippen LogP contribution in [0.15, 0.2) is 24.3 Å². The molecule has 6 nitrogen and oxygen atoms in total. The van der Waals surface area contributed by atoms with E-state index < -0.39 is 0 Å². The molecule has 6 heteroatoms. The van der Waals surface area contributed by atoms with Crippen molar-refractivity contribution in [2.75, 3.05) is 25.5 Å². The van der Waals surface area contributed by atoms with Crippen molar-refractivity contribution in [1.29, 1.82) is 0 Å². The van der Waals surface area contributed by atoms with Gasteiger partial charge in [0.15, 0.2) is 5.82 Å². The summed E-state index contributed by atoms with van der Waals surface area (Å²) in [6.07, 6.45) is 0.884. The van der Waals surface area contributed by atoms with Crippen molar-refractivity contribution in [1.82, 2.24) is 20.1 Å². The van der Waals surface area contributed by atoms with Crippen molar-refractivity contribution in [3.8, 4) is 11.4 Å². The number of likely N-dealkylation sites (tertiary alicyclic amines) is 1. The maximum absolute atomic E-state index is 12.6. The van der Waals surface area contributed by atoms with Crippen molar-refractivity contribution >= 4 is 11.6 Å². The number of rotatable bonds is 3. The molecular formula is C16H21N5O. The lowest BCUT2D eigenvalue weighted by molar-refractivity contribution is -0.124. The third-order valence-electron chi connectivity index (χ3n) is 4.19. The van der Waals surface area contributed by atoms with Crippen LogP contribution in [0.25, 0.3) is 11.4 Å². The summed E-state index contributed by atoms with van der Waals surface area (Å²) in [5.74, 6) is 1.48. The Morgan fingerprint density at radius 3 is 2.91 bits per heavy atom. The van der Waals surface area contributed by atoms with E-state index in [2.05, 4.69) is 25.4 Å². The molecule has 22 heavy (non-hydrogen) atoms. The summed E-state index contributed by atoms with van der Waals surface area (Å²) in [6, 6.07) is 7.63. The van der Waals surface area contributed by atoms with Crippen molar-refractivity contribution in [2.45, 2.75) is 20.3 Å². The summed E-state index contributed by atoms with van der Waals surface area (Å²) in [7, 11) is 2.05. The van der Waals surface area contributed by atoms with Crippen LogP contribution in [0.3, 0.4) is 0 Å². The lowest BCUT2D eigenvalue weighted by Crippen LogP contribution is -2.35. The van der Waals surface area contributed by atoms with Gasteiger partial charge in [-0.3, -0.25) is 9.89 Å². The first-order chi connectivity index (χ1) is 10.5. The number of anilines is 1. The molecule has 116 valence electrons. The molecule has 2 N–H and O–H groups in total. The molecule has 1 saturated heterocycles. The van der Waals surface area contributed by atoms with Crippen LogP contribution in [0, 0.1) is 12.3 Å². The number of nitrogens with zero attached hydrogens (tertiary/aromatic N) is 3. The second kappa shape index (κ2) is 5.53. The molecule has 1 aliphatic rings. The molecule has 2 aromatic rings. The normalized spacial score (nSPS) is 22.0. The van der Waals surface area contributed by atoms with Gasteiger partial charge in [-0.1, -0.05) is 12.1 Å². The number of nitrogens with one attached hydrogen (secondary N) is 2. The molecule has 1 aliphatic heterocycles. The predicted octanol–water partition coefficient (Wildman–Crippen LogP) is 2.06. The average Bonchev–Trinajstić information content (AvgIpc) is 3.06. The van der Waals surface area contributed by atoms with E-state index in [-0.39, 0.29) is 11.3 Å². The van der Waals surface area contributed by atoms with Gasteiger partial charge < -0.3 is 10.2 Å². The van der Waals surface area contributed by atoms with E-state index in [9.17, 15) is 4.79 Å². The molecule has 1 aromatic heterocycles. The molecule has 1 amide bonds. The van der Waals surface area contributed by atoms with Gasteiger partial charge in [0.2, 0.25) is 5.91 Å². The van der Waals surface area contributed by atoms with E-state index >= 15 is 0 Å². The molecule has 0 radical (unpaired) electrons. The van der Waals surface area contributed by atoms with E-state index in [1.165, 1.54) is 0 Å². The van der Waals surface area contributed by atoms with Crippen molar-refractivity contribution < 1.29 is 4.79 Å². The highest BCUT2D eigenvalue weighted by molar-refractivity contribution is 5.95. The second-order valence-electron chi connectivity index (χ2n) is 6.33. The number of amides is 1. The standard InChI is InChI=1S/C16H21N5O/c1-11-17-14(20-19-11)12-5-4-6-13(9-12)18-15(22)16(2)7-8-21(3)10-16/h4-6,9H,7-8,10H2,1-3H3,(H,18,22)(H,17,19,20). The topological polar surface area (TPSA) is 73.9 Å². The molecule has 1 unspecified atom stereocenters. The fraction of sp³-hybridized carbons (Fsp3) is 0.438. The Balaban J connectivity index is 1.77. The van der Waals surface area contributed by atoms with E-state index in [1.807, 2.05) is 45.2 Å². The Labute approximate surface area is 129 Å². The maximum Gasteiger partial charge on any atom is 0.231 e. The Hall–Kier alpha value is -2.21. The fourth-order valence-corrected chi connectivity index (χ4v) is 2.87. The van der Waals surface area contributed by atoms with Gasteiger partial charge >= 0.3 is 0 Å². The minimum atomic E-state index is -0.327. The number of hydrogen-bond acceptors (Lipinski definition) is 4. The third-order valence-corrected chi connectivity index (χ3v) is 4.19. The summed E-state index contributed by atoms with van der Waals surface area (Å²) >= 11 is 0. The lowest BCUT2D eigenvalue weighted by atomic mass is 9.88. The SMILES string of the molecule is Cc1nc(-c2cccc(NC(=O)C3(C)CCN(C)C3)c2)n[nH]1. The molecule has 0 aliphatic carbocycles. The summed E-state index contributed by atoms with van der Waals surface area (Å²) in [6.45, 7) is 5.63. The number of carbonyl (C=O) groups is 1. The molecule has 0 spiro atoms. The monoisotopic (exact) mass is 299 g/mol. The number of aromatic amines is 1. The quantitative estimate of drug-likeness (QED) is 0.910. The molecule has 1 atom stereocenters. The van der Waals surface area contributed by atoms with Gasteiger partial charge in [0, 0.05) is 17.8 Å². The van der Waals surface area contributed by atoms with E-state index in [4.69, 9.17) is 0 Å². The molecular weight excluding hydrogens is 278 g/mol. The number of hydrogen-bond donors (Lipinski definition) is 2. The Morgan fingerprint density at radius 2 is 2.27 bits per heavy atom. The number of aryl methyl sites for hydroxylation is 1. The van der Waals surface area contributed by atoms with E-state index in [0.29, 0.717) is 5.82 Å². The molecule has 0 bridgehead atoms. The second-order valence-corrected chi connectivity index (χ2v) is 6.33. The van der Waals surface area contributed by atoms with Crippen LogP contribution in [-0.4, -0.2) is 46.1 Å². The van der Waals surface area contributed by atoms with Crippen LogP contribution in [0.5, 0.6) is 0 Å². The maximum atomic E-state index is 12.6. The highest BCUT2D eigenvalue weighted by Crippen LogP contribution is 2.31. The molecule has 3 rings (SSSR count). The average molecular weight is 299 g/mol. The van der Waals surface area contributed by atoms with Gasteiger partial charge in [-0.2, -0.15) is 5.10 Å². The molecule has 2 heterocycles. The first kappa shape index (κ1) is 14.7. The Morgan fingerprint density at radius 1 is 1.45 bits per heavy atom. The van der Waals surface area contributed by atoms with E-state index in [1.54, 1.807) is 0 Å². The van der Waals surface area contributed by atoms with Crippen molar-refractivity contribution in [3.05, 3.63) is 30.1 Å². The molecule has 0 saturated carbocycles. The van der Waals surface area contributed by atoms with Crippen LogP contribution in [0.1, 0.15) is 19.2 Å². The Bertz CT molecular complexity index is 695. The zero-order chi connectivity index (χ0) is 15.7. The number of benzene rings is 1. The fourth-order valence-electron chi connectivity index (χ4n) is 2.87. The number of H-pyrrole nitrogens is 1. The summed E-state index contributed by atoms with van der Waals surface area (Å²) < 4.78 is 0. The Kier molecular flexibility index (Phi) is 3.70. The third kappa shape index (κ3) is 2.87. The van der Waals surface area contributed by atoms with Crippen LogP contribution >= 0.6 is 0 Å². The van der Waals surface area contributed by atoms with Crippen LogP contribution < -0.4 is 5.32 Å². The first-order valence-electron chi connectivity index (χ1n) is 7.46.